The molecule has 0 aliphatic carbocycles. The highest BCUT2D eigenvalue weighted by Gasteiger charge is 2.31. The average Bonchev–Trinajstić information content (AvgIpc) is 3.30. The molecule has 0 bridgehead atoms. The lowest BCUT2D eigenvalue weighted by atomic mass is 9.91. The Balaban J connectivity index is 1.81. The van der Waals surface area contributed by atoms with Gasteiger partial charge in [0.15, 0.2) is 0 Å². The van der Waals surface area contributed by atoms with E-state index >= 15 is 0 Å². The molecule has 9 heteroatoms. The molecule has 0 spiro atoms. The fraction of sp³-hybridized carbons (Fsp3) is 0.304. The van der Waals surface area contributed by atoms with Crippen LogP contribution in [0.5, 0.6) is 0 Å². The van der Waals surface area contributed by atoms with Crippen molar-refractivity contribution in [3.63, 3.8) is 0 Å². The van der Waals surface area contributed by atoms with E-state index in [0.29, 0.717) is 17.2 Å². The number of carbonyl (C=O) groups excluding carboxylic acids is 3. The number of nitrogens with two attached hydrogens (primary N) is 2. The lowest BCUT2D eigenvalue weighted by molar-refractivity contribution is -0.150. The van der Waals surface area contributed by atoms with Crippen molar-refractivity contribution >= 4 is 28.5 Å². The first-order valence-electron chi connectivity index (χ1n) is 10.5. The highest BCUT2D eigenvalue weighted by Crippen LogP contribution is 2.23. The Bertz CT molecular complexity index is 1080. The number of imide groups is 1. The number of imidazole rings is 1. The molecule has 1 aromatic heterocycles. The first-order valence-corrected chi connectivity index (χ1v) is 10.5. The van der Waals surface area contributed by atoms with E-state index in [1.54, 1.807) is 13.1 Å². The van der Waals surface area contributed by atoms with Crippen molar-refractivity contribution in [3.05, 3.63) is 66.2 Å². The quantitative estimate of drug-likeness (QED) is 0.224. The van der Waals surface area contributed by atoms with Crippen LogP contribution in [-0.2, 0) is 27.2 Å². The predicted octanol–water partition coefficient (Wildman–Crippen LogP) is 1.05. The Hall–Kier alpha value is -3.56. The number of nitrogens with one attached hydrogen (secondary N) is 2. The third-order valence-corrected chi connectivity index (χ3v) is 5.29. The summed E-state index contributed by atoms with van der Waals surface area (Å²) in [5.41, 5.74) is 7.52. The zero-order chi connectivity index (χ0) is 23.1. The van der Waals surface area contributed by atoms with Crippen molar-refractivity contribution in [1.82, 2.24) is 20.3 Å². The van der Waals surface area contributed by atoms with Gasteiger partial charge in [-0.25, -0.2) is 15.8 Å². The zero-order valence-electron chi connectivity index (χ0n) is 18.0. The van der Waals surface area contributed by atoms with E-state index in [2.05, 4.69) is 15.3 Å². The van der Waals surface area contributed by atoms with Crippen molar-refractivity contribution in [2.24, 2.45) is 17.5 Å². The number of carbonyl (C=O) groups is 3. The molecule has 1 heterocycles. The van der Waals surface area contributed by atoms with Gasteiger partial charge in [-0.3, -0.25) is 14.4 Å². The van der Waals surface area contributed by atoms with Crippen molar-refractivity contribution in [2.45, 2.75) is 32.2 Å². The first kappa shape index (κ1) is 23.1. The molecule has 0 aliphatic heterocycles. The van der Waals surface area contributed by atoms with E-state index < -0.39 is 23.8 Å². The Morgan fingerprint density at radius 3 is 2.56 bits per heavy atom. The number of hydrogen-bond acceptors (Lipinski definition) is 6. The summed E-state index contributed by atoms with van der Waals surface area (Å²) < 4.78 is 0. The average molecular weight is 437 g/mol. The van der Waals surface area contributed by atoms with Gasteiger partial charge in [0.05, 0.1) is 18.3 Å². The van der Waals surface area contributed by atoms with Crippen LogP contribution >= 0.6 is 0 Å². The fourth-order valence-corrected chi connectivity index (χ4v) is 3.68. The highest BCUT2D eigenvalue weighted by atomic mass is 16.2. The van der Waals surface area contributed by atoms with E-state index in [9.17, 15) is 14.4 Å². The van der Waals surface area contributed by atoms with Crippen LogP contribution in [0.15, 0.2) is 55.0 Å². The molecule has 3 rings (SSSR count). The largest absolute Gasteiger partial charge is 0.356 e. The van der Waals surface area contributed by atoms with Crippen LogP contribution in [0.4, 0.5) is 0 Å². The summed E-state index contributed by atoms with van der Waals surface area (Å²) in [4.78, 5) is 45.0. The van der Waals surface area contributed by atoms with Crippen molar-refractivity contribution in [1.29, 1.82) is 0 Å². The predicted molar refractivity (Wildman–Crippen MR) is 121 cm³/mol. The molecule has 3 amide bonds. The van der Waals surface area contributed by atoms with Crippen LogP contribution in [0.2, 0.25) is 0 Å². The van der Waals surface area contributed by atoms with Gasteiger partial charge in [-0.2, -0.15) is 0 Å². The molecule has 6 N–H and O–H groups in total. The number of H-pyrrole nitrogens is 1. The number of fused-ring (bicyclic) bond motifs is 1. The first-order chi connectivity index (χ1) is 15.4. The standard InChI is InChI=1S/C23H28N6O3/c1-2-27-21(30)11-17(10-16-8-5-7-15-6-3-4-9-19(15)16)22(31)29(25)23(32)20(24)12-18-13-26-14-28-18/h3-9,13-14,17,20H,2,10-12,24-25H2,1H3,(H,26,28)(H,27,30)/t17?,20-/m0/s1. The number of hydrogen-bond donors (Lipinski definition) is 4. The molecule has 32 heavy (non-hydrogen) atoms. The Morgan fingerprint density at radius 1 is 1.09 bits per heavy atom. The lowest BCUT2D eigenvalue weighted by Gasteiger charge is -2.24. The highest BCUT2D eigenvalue weighted by molar-refractivity contribution is 5.99. The summed E-state index contributed by atoms with van der Waals surface area (Å²) in [6, 6.07) is 12.6. The molecule has 2 atom stereocenters. The molecule has 168 valence electrons. The number of nitrogens with zero attached hydrogens (tertiary/aromatic N) is 2. The van der Waals surface area contributed by atoms with Gasteiger partial charge in [0.25, 0.3) is 5.91 Å². The van der Waals surface area contributed by atoms with Crippen molar-refractivity contribution in [3.8, 4) is 0 Å². The van der Waals surface area contributed by atoms with Crippen LogP contribution in [0.1, 0.15) is 24.6 Å². The number of amides is 3. The van der Waals surface area contributed by atoms with Crippen LogP contribution in [-0.4, -0.2) is 45.3 Å². The summed E-state index contributed by atoms with van der Waals surface area (Å²) >= 11 is 0. The number of hydrazine groups is 1. The summed E-state index contributed by atoms with van der Waals surface area (Å²) in [6.07, 6.45) is 3.35. The topological polar surface area (TPSA) is 147 Å². The fourth-order valence-electron chi connectivity index (χ4n) is 3.68. The smallest absolute Gasteiger partial charge is 0.260 e. The van der Waals surface area contributed by atoms with E-state index in [1.807, 2.05) is 42.5 Å². The number of aromatic amines is 1. The lowest BCUT2D eigenvalue weighted by Crippen LogP contribution is -2.53. The summed E-state index contributed by atoms with van der Waals surface area (Å²) in [7, 11) is 0. The maximum atomic E-state index is 13.2. The van der Waals surface area contributed by atoms with E-state index in [0.717, 1.165) is 16.3 Å². The Labute approximate surface area is 186 Å². The van der Waals surface area contributed by atoms with Crippen LogP contribution in [0.25, 0.3) is 10.8 Å². The van der Waals surface area contributed by atoms with Crippen LogP contribution in [0.3, 0.4) is 0 Å². The van der Waals surface area contributed by atoms with Crippen LogP contribution < -0.4 is 16.9 Å². The summed E-state index contributed by atoms with van der Waals surface area (Å²) in [6.45, 7) is 2.24. The maximum Gasteiger partial charge on any atom is 0.260 e. The van der Waals surface area contributed by atoms with Crippen molar-refractivity contribution in [2.75, 3.05) is 6.54 Å². The van der Waals surface area contributed by atoms with Gasteiger partial charge in [0.2, 0.25) is 11.8 Å². The second-order valence-electron chi connectivity index (χ2n) is 7.63. The van der Waals surface area contributed by atoms with E-state index in [4.69, 9.17) is 11.6 Å². The maximum absolute atomic E-state index is 13.2. The van der Waals surface area contributed by atoms with Gasteiger partial charge in [-0.15, -0.1) is 0 Å². The molecular formula is C23H28N6O3. The second-order valence-corrected chi connectivity index (χ2v) is 7.63. The number of aromatic nitrogens is 2. The van der Waals surface area contributed by atoms with Gasteiger partial charge >= 0.3 is 0 Å². The minimum Gasteiger partial charge on any atom is -0.356 e. The molecule has 9 nitrogen and oxygen atoms in total. The van der Waals surface area contributed by atoms with Gasteiger partial charge in [0, 0.05) is 31.3 Å². The summed E-state index contributed by atoms with van der Waals surface area (Å²) in [5, 5.41) is 5.26. The van der Waals surface area contributed by atoms with E-state index in [-0.39, 0.29) is 25.2 Å². The molecular weight excluding hydrogens is 408 g/mol. The number of rotatable bonds is 9. The number of benzene rings is 2. The molecule has 0 fully saturated rings. The molecule has 3 aromatic rings. The van der Waals surface area contributed by atoms with E-state index in [1.165, 1.54) is 6.33 Å². The molecule has 1 unspecified atom stereocenters. The van der Waals surface area contributed by atoms with Crippen molar-refractivity contribution < 1.29 is 14.4 Å². The monoisotopic (exact) mass is 436 g/mol. The minimum atomic E-state index is -1.02. The van der Waals surface area contributed by atoms with Gasteiger partial charge in [0.1, 0.15) is 0 Å². The minimum absolute atomic E-state index is 0.0906. The molecule has 0 aliphatic rings. The Kier molecular flexibility index (Phi) is 7.69. The van der Waals surface area contributed by atoms with Crippen LogP contribution in [0, 0.1) is 5.92 Å². The molecule has 2 aromatic carbocycles. The zero-order valence-corrected chi connectivity index (χ0v) is 18.0. The molecule has 0 radical (unpaired) electrons. The SMILES string of the molecule is CCNC(=O)CC(Cc1cccc2ccccc12)C(=O)N(N)C(=O)[C@@H](N)Cc1cnc[nH]1. The van der Waals surface area contributed by atoms with Gasteiger partial charge in [-0.1, -0.05) is 42.5 Å². The molecule has 0 saturated carbocycles. The third kappa shape index (κ3) is 5.57. The summed E-state index contributed by atoms with van der Waals surface area (Å²) in [5.74, 6) is 3.44. The normalized spacial score (nSPS) is 12.8. The Morgan fingerprint density at radius 2 is 1.84 bits per heavy atom. The van der Waals surface area contributed by atoms with Gasteiger partial charge in [-0.05, 0) is 29.7 Å². The second kappa shape index (κ2) is 10.7. The molecule has 0 saturated heterocycles. The van der Waals surface area contributed by atoms with Gasteiger partial charge < -0.3 is 16.0 Å². The third-order valence-electron chi connectivity index (χ3n) is 5.29.